The molecule has 1 aliphatic rings. The van der Waals surface area contributed by atoms with Crippen LogP contribution in [0.4, 0.5) is 0 Å². The van der Waals surface area contributed by atoms with Crippen molar-refractivity contribution in [2.75, 3.05) is 6.54 Å². The third kappa shape index (κ3) is 3.04. The lowest BCUT2D eigenvalue weighted by Gasteiger charge is -2.07. The zero-order valence-corrected chi connectivity index (χ0v) is 9.22. The van der Waals surface area contributed by atoms with Gasteiger partial charge in [0.1, 0.15) is 6.04 Å². The molecule has 0 spiro atoms. The first-order chi connectivity index (χ1) is 8.27. The van der Waals surface area contributed by atoms with Gasteiger partial charge in [-0.05, 0) is 31.5 Å². The van der Waals surface area contributed by atoms with Crippen molar-refractivity contribution < 1.29 is 19.4 Å². The number of carbonyl (C=O) groups excluding carboxylic acids is 2. The van der Waals surface area contributed by atoms with E-state index in [0.29, 0.717) is 12.0 Å². The van der Waals surface area contributed by atoms with Gasteiger partial charge in [0.15, 0.2) is 0 Å². The number of carbonyl (C=O) groups is 2. The molecular formula is C12H13NO4. The molecule has 0 unspecified atom stereocenters. The molecule has 0 radical (unpaired) electrons. The van der Waals surface area contributed by atoms with Gasteiger partial charge in [-0.3, -0.25) is 0 Å². The summed E-state index contributed by atoms with van der Waals surface area (Å²) in [6.07, 6.45) is 1.63. The van der Waals surface area contributed by atoms with Crippen LogP contribution in [-0.2, 0) is 14.6 Å². The Hall–Kier alpha value is -1.88. The summed E-state index contributed by atoms with van der Waals surface area (Å²) >= 11 is 0. The van der Waals surface area contributed by atoms with E-state index < -0.39 is 11.9 Å². The van der Waals surface area contributed by atoms with Crippen LogP contribution in [0.15, 0.2) is 30.3 Å². The molecule has 1 atom stereocenters. The second kappa shape index (κ2) is 5.45. The van der Waals surface area contributed by atoms with Crippen molar-refractivity contribution in [3.05, 3.63) is 35.9 Å². The Morgan fingerprint density at radius 3 is 2.59 bits per heavy atom. The molecule has 0 aliphatic carbocycles. The molecule has 2 rings (SSSR count). The molecule has 0 amide bonds. The predicted molar refractivity (Wildman–Crippen MR) is 59.0 cm³/mol. The number of benzene rings is 1. The van der Waals surface area contributed by atoms with Crippen molar-refractivity contribution in [1.29, 1.82) is 0 Å². The lowest BCUT2D eigenvalue weighted by atomic mass is 10.2. The van der Waals surface area contributed by atoms with Gasteiger partial charge < -0.3 is 5.32 Å². The molecule has 1 fully saturated rings. The monoisotopic (exact) mass is 235 g/mol. The Labute approximate surface area is 98.6 Å². The summed E-state index contributed by atoms with van der Waals surface area (Å²) in [7, 11) is 0. The number of hydrogen-bond donors (Lipinski definition) is 1. The molecule has 1 aliphatic heterocycles. The third-order valence-corrected chi connectivity index (χ3v) is 2.55. The molecule has 1 heterocycles. The molecule has 17 heavy (non-hydrogen) atoms. The minimum absolute atomic E-state index is 0.347. The first kappa shape index (κ1) is 11.6. The van der Waals surface area contributed by atoms with Crippen LogP contribution in [-0.4, -0.2) is 24.5 Å². The molecule has 5 heteroatoms. The maximum Gasteiger partial charge on any atom is 0.386 e. The molecule has 1 aromatic carbocycles. The van der Waals surface area contributed by atoms with Crippen molar-refractivity contribution in [1.82, 2.24) is 5.32 Å². The van der Waals surface area contributed by atoms with Gasteiger partial charge in [0.25, 0.3) is 0 Å². The molecule has 0 bridgehead atoms. The molecule has 1 N–H and O–H groups in total. The standard InChI is InChI=1S/C12H13NO4/c14-11(9-5-2-1-3-6-9)16-17-12(15)10-7-4-8-13-10/h1-3,5-6,10,13H,4,7-8H2/t10-/m1/s1. The van der Waals surface area contributed by atoms with E-state index in [0.717, 1.165) is 13.0 Å². The van der Waals surface area contributed by atoms with E-state index in [4.69, 9.17) is 0 Å². The zero-order chi connectivity index (χ0) is 12.1. The van der Waals surface area contributed by atoms with Crippen LogP contribution in [0.5, 0.6) is 0 Å². The second-order valence-electron chi connectivity index (χ2n) is 3.79. The topological polar surface area (TPSA) is 64.6 Å². The van der Waals surface area contributed by atoms with E-state index in [1.165, 1.54) is 0 Å². The Morgan fingerprint density at radius 1 is 1.18 bits per heavy atom. The summed E-state index contributed by atoms with van der Waals surface area (Å²) in [6, 6.07) is 8.01. The maximum atomic E-state index is 11.4. The van der Waals surface area contributed by atoms with Gasteiger partial charge in [-0.15, -0.1) is 0 Å². The summed E-state index contributed by atoms with van der Waals surface area (Å²) in [4.78, 5) is 31.8. The Bertz CT molecular complexity index is 398. The average Bonchev–Trinajstić information content (AvgIpc) is 2.90. The van der Waals surface area contributed by atoms with Gasteiger partial charge in [-0.25, -0.2) is 19.4 Å². The minimum Gasteiger partial charge on any atom is -0.304 e. The van der Waals surface area contributed by atoms with Gasteiger partial charge in [0.2, 0.25) is 0 Å². The minimum atomic E-state index is -0.669. The first-order valence-electron chi connectivity index (χ1n) is 5.48. The van der Waals surface area contributed by atoms with Gasteiger partial charge in [0.05, 0.1) is 5.56 Å². The molecule has 0 saturated carbocycles. The van der Waals surface area contributed by atoms with Crippen molar-refractivity contribution in [2.45, 2.75) is 18.9 Å². The SMILES string of the molecule is O=C(OOC(=O)[C@H]1CCCN1)c1ccccc1. The normalized spacial score (nSPS) is 18.7. The highest BCUT2D eigenvalue weighted by Gasteiger charge is 2.25. The lowest BCUT2D eigenvalue weighted by Crippen LogP contribution is -2.32. The molecule has 1 aromatic rings. The number of hydrogen-bond acceptors (Lipinski definition) is 5. The second-order valence-corrected chi connectivity index (χ2v) is 3.79. The molecule has 1 saturated heterocycles. The van der Waals surface area contributed by atoms with Crippen LogP contribution in [0.2, 0.25) is 0 Å². The molecule has 5 nitrogen and oxygen atoms in total. The van der Waals surface area contributed by atoms with Gasteiger partial charge in [0, 0.05) is 0 Å². The Morgan fingerprint density at radius 2 is 1.94 bits per heavy atom. The van der Waals surface area contributed by atoms with Gasteiger partial charge >= 0.3 is 11.9 Å². The number of rotatable bonds is 2. The van der Waals surface area contributed by atoms with Crippen molar-refractivity contribution >= 4 is 11.9 Å². The molecule has 90 valence electrons. The van der Waals surface area contributed by atoms with Crippen LogP contribution >= 0.6 is 0 Å². The summed E-state index contributed by atoms with van der Waals surface area (Å²) in [5, 5.41) is 2.95. The van der Waals surface area contributed by atoms with E-state index >= 15 is 0 Å². The van der Waals surface area contributed by atoms with E-state index in [1.807, 2.05) is 0 Å². The Balaban J connectivity index is 1.82. The first-order valence-corrected chi connectivity index (χ1v) is 5.48. The van der Waals surface area contributed by atoms with Crippen LogP contribution in [0, 0.1) is 0 Å². The largest absolute Gasteiger partial charge is 0.386 e. The lowest BCUT2D eigenvalue weighted by molar-refractivity contribution is -0.235. The van der Waals surface area contributed by atoms with Crippen LogP contribution in [0.25, 0.3) is 0 Å². The quantitative estimate of drug-likeness (QED) is 0.613. The van der Waals surface area contributed by atoms with Crippen LogP contribution in [0.3, 0.4) is 0 Å². The molecular weight excluding hydrogens is 222 g/mol. The van der Waals surface area contributed by atoms with E-state index in [-0.39, 0.29) is 6.04 Å². The van der Waals surface area contributed by atoms with Crippen molar-refractivity contribution in [3.63, 3.8) is 0 Å². The summed E-state index contributed by atoms with van der Waals surface area (Å²) in [6.45, 7) is 0.784. The van der Waals surface area contributed by atoms with Gasteiger partial charge in [-0.2, -0.15) is 0 Å². The fourth-order valence-corrected chi connectivity index (χ4v) is 1.65. The van der Waals surface area contributed by atoms with E-state index in [1.54, 1.807) is 30.3 Å². The highest BCUT2D eigenvalue weighted by Crippen LogP contribution is 2.08. The van der Waals surface area contributed by atoms with Gasteiger partial charge in [-0.1, -0.05) is 18.2 Å². The summed E-state index contributed by atoms with van der Waals surface area (Å²) in [5.41, 5.74) is 0.347. The summed E-state index contributed by atoms with van der Waals surface area (Å²) < 4.78 is 0. The highest BCUT2D eigenvalue weighted by atomic mass is 17.2. The predicted octanol–water partition coefficient (Wildman–Crippen LogP) is 1.05. The average molecular weight is 235 g/mol. The van der Waals surface area contributed by atoms with Crippen molar-refractivity contribution in [3.8, 4) is 0 Å². The third-order valence-electron chi connectivity index (χ3n) is 2.55. The number of nitrogens with one attached hydrogen (secondary N) is 1. The van der Waals surface area contributed by atoms with Crippen LogP contribution < -0.4 is 5.32 Å². The fraction of sp³-hybridized carbons (Fsp3) is 0.333. The fourth-order valence-electron chi connectivity index (χ4n) is 1.65. The molecule has 0 aromatic heterocycles. The van der Waals surface area contributed by atoms with Crippen LogP contribution in [0.1, 0.15) is 23.2 Å². The zero-order valence-electron chi connectivity index (χ0n) is 9.22. The smallest absolute Gasteiger partial charge is 0.304 e. The maximum absolute atomic E-state index is 11.4. The summed E-state index contributed by atoms with van der Waals surface area (Å²) in [5.74, 6) is -1.22. The van der Waals surface area contributed by atoms with E-state index in [9.17, 15) is 9.59 Å². The Kier molecular flexibility index (Phi) is 3.72. The van der Waals surface area contributed by atoms with Crippen molar-refractivity contribution in [2.24, 2.45) is 0 Å². The van der Waals surface area contributed by atoms with E-state index in [2.05, 4.69) is 15.1 Å². The highest BCUT2D eigenvalue weighted by molar-refractivity contribution is 5.89.